The highest BCUT2D eigenvalue weighted by atomic mass is 16.7. The van der Waals surface area contributed by atoms with Gasteiger partial charge in [-0.3, -0.25) is 0 Å². The van der Waals surface area contributed by atoms with Crippen LogP contribution < -0.4 is 9.47 Å². The Hall–Kier alpha value is -1.94. The van der Waals surface area contributed by atoms with Gasteiger partial charge >= 0.3 is 0 Å². The van der Waals surface area contributed by atoms with E-state index in [0.29, 0.717) is 16.9 Å². The van der Waals surface area contributed by atoms with Gasteiger partial charge in [0.1, 0.15) is 17.2 Å². The maximum absolute atomic E-state index is 9.94. The predicted octanol–water partition coefficient (Wildman–Crippen LogP) is 2.59. The summed E-state index contributed by atoms with van der Waals surface area (Å²) in [5.74, 6) is 1.52. The molecule has 0 bridgehead atoms. The fraction of sp³-hybridized carbons (Fsp3) is 0.231. The van der Waals surface area contributed by atoms with Gasteiger partial charge in [0.25, 0.3) is 0 Å². The molecule has 1 N–H and O–H groups in total. The highest BCUT2D eigenvalue weighted by Gasteiger charge is 2.28. The van der Waals surface area contributed by atoms with E-state index >= 15 is 0 Å². The molecule has 1 heterocycles. The molecule has 0 saturated heterocycles. The van der Waals surface area contributed by atoms with Crippen LogP contribution in [-0.4, -0.2) is 19.3 Å². The minimum atomic E-state index is -0.416. The van der Waals surface area contributed by atoms with Crippen LogP contribution in [0.4, 0.5) is 0 Å². The Bertz CT molecular complexity index is 591. The zero-order valence-corrected chi connectivity index (χ0v) is 9.56. The van der Waals surface area contributed by atoms with Gasteiger partial charge in [0, 0.05) is 18.1 Å². The molecule has 4 heteroatoms. The Kier molecular flexibility index (Phi) is 2.12. The topological polar surface area (TPSA) is 47.9 Å². The fourth-order valence-electron chi connectivity index (χ4n) is 2.26. The van der Waals surface area contributed by atoms with E-state index in [-0.39, 0.29) is 5.75 Å². The molecule has 1 aliphatic heterocycles. The van der Waals surface area contributed by atoms with Crippen molar-refractivity contribution in [3.63, 3.8) is 0 Å². The minimum Gasteiger partial charge on any atom is -0.507 e. The Labute approximate surface area is 98.3 Å². The van der Waals surface area contributed by atoms with Crippen LogP contribution in [0.1, 0.15) is 11.9 Å². The molecule has 0 saturated carbocycles. The van der Waals surface area contributed by atoms with Gasteiger partial charge in [0.15, 0.2) is 0 Å². The number of hydrogen-bond donors (Lipinski definition) is 1. The van der Waals surface area contributed by atoms with Crippen molar-refractivity contribution in [1.29, 1.82) is 0 Å². The van der Waals surface area contributed by atoms with Crippen molar-refractivity contribution in [1.82, 2.24) is 0 Å². The highest BCUT2D eigenvalue weighted by Crippen LogP contribution is 2.47. The number of rotatable bonds is 2. The van der Waals surface area contributed by atoms with E-state index in [1.54, 1.807) is 26.4 Å². The first-order valence-electron chi connectivity index (χ1n) is 5.28. The lowest BCUT2D eigenvalue weighted by molar-refractivity contribution is -0.0471. The number of phenols is 1. The van der Waals surface area contributed by atoms with Gasteiger partial charge in [-0.1, -0.05) is 0 Å². The molecule has 2 aromatic rings. The third kappa shape index (κ3) is 1.27. The van der Waals surface area contributed by atoms with E-state index in [2.05, 4.69) is 0 Å². The Morgan fingerprint density at radius 1 is 1.12 bits per heavy atom. The molecular weight excluding hydrogens is 220 g/mol. The largest absolute Gasteiger partial charge is 0.507 e. The van der Waals surface area contributed by atoms with Gasteiger partial charge in [-0.05, 0) is 24.3 Å². The average Bonchev–Trinajstić information content (AvgIpc) is 2.73. The van der Waals surface area contributed by atoms with Crippen LogP contribution in [0.15, 0.2) is 24.3 Å². The van der Waals surface area contributed by atoms with Crippen molar-refractivity contribution in [3.05, 3.63) is 29.8 Å². The summed E-state index contributed by atoms with van der Waals surface area (Å²) in [6.07, 6.45) is -0.416. The molecule has 0 amide bonds. The van der Waals surface area contributed by atoms with Gasteiger partial charge < -0.3 is 19.3 Å². The number of ether oxygens (including phenoxy) is 3. The smallest absolute Gasteiger partial charge is 0.227 e. The second-order valence-corrected chi connectivity index (χ2v) is 3.88. The highest BCUT2D eigenvalue weighted by molar-refractivity contribution is 6.01. The number of methoxy groups -OCH3 is 2. The van der Waals surface area contributed by atoms with E-state index in [9.17, 15) is 5.11 Å². The quantitative estimate of drug-likeness (QED) is 0.864. The van der Waals surface area contributed by atoms with Crippen LogP contribution in [0.3, 0.4) is 0 Å². The van der Waals surface area contributed by atoms with Gasteiger partial charge in [-0.2, -0.15) is 0 Å². The molecule has 0 aliphatic carbocycles. The molecular formula is C13H12O4. The van der Waals surface area contributed by atoms with E-state index in [1.165, 1.54) is 0 Å². The van der Waals surface area contributed by atoms with Crippen LogP contribution in [0.2, 0.25) is 0 Å². The van der Waals surface area contributed by atoms with Gasteiger partial charge in [-0.25, -0.2) is 0 Å². The molecule has 1 unspecified atom stereocenters. The summed E-state index contributed by atoms with van der Waals surface area (Å²) in [7, 11) is 3.17. The first-order valence-corrected chi connectivity index (χ1v) is 5.28. The minimum absolute atomic E-state index is 0.183. The van der Waals surface area contributed by atoms with Gasteiger partial charge in [-0.15, -0.1) is 0 Å². The zero-order valence-electron chi connectivity index (χ0n) is 9.56. The van der Waals surface area contributed by atoms with E-state index in [1.807, 2.05) is 12.1 Å². The first-order chi connectivity index (χ1) is 8.26. The van der Waals surface area contributed by atoms with Crippen LogP contribution in [0.5, 0.6) is 17.2 Å². The molecule has 4 nitrogen and oxygen atoms in total. The summed E-state index contributed by atoms with van der Waals surface area (Å²) in [6, 6.07) is 7.04. The van der Waals surface area contributed by atoms with Crippen molar-refractivity contribution < 1.29 is 19.3 Å². The molecule has 3 rings (SSSR count). The van der Waals surface area contributed by atoms with Crippen molar-refractivity contribution in [2.45, 2.75) is 6.29 Å². The first kappa shape index (κ1) is 10.2. The van der Waals surface area contributed by atoms with Crippen LogP contribution in [0, 0.1) is 0 Å². The van der Waals surface area contributed by atoms with Crippen LogP contribution in [0.25, 0.3) is 10.8 Å². The standard InChI is InChI=1S/C13H12O4/c1-15-9-5-3-7-11-10(17-13(7)16-2)6-4-8(14)12(9)11/h3-6,13-14H,1-2H3. The number of hydrogen-bond acceptors (Lipinski definition) is 4. The lowest BCUT2D eigenvalue weighted by Crippen LogP contribution is -2.03. The lowest BCUT2D eigenvalue weighted by atomic mass is 10.0. The molecule has 0 spiro atoms. The summed E-state index contributed by atoms with van der Waals surface area (Å²) >= 11 is 0. The summed E-state index contributed by atoms with van der Waals surface area (Å²) in [5.41, 5.74) is 0.911. The molecule has 1 atom stereocenters. The second kappa shape index (κ2) is 3.53. The predicted molar refractivity (Wildman–Crippen MR) is 62.5 cm³/mol. The van der Waals surface area contributed by atoms with Crippen LogP contribution in [-0.2, 0) is 4.74 Å². The molecule has 17 heavy (non-hydrogen) atoms. The average molecular weight is 232 g/mol. The summed E-state index contributed by atoms with van der Waals surface area (Å²) in [4.78, 5) is 0. The molecule has 0 radical (unpaired) electrons. The van der Waals surface area contributed by atoms with Crippen LogP contribution >= 0.6 is 0 Å². The third-order valence-corrected chi connectivity index (χ3v) is 3.02. The SMILES string of the molecule is COc1ccc2c3c(ccc(O)c13)OC2OC. The maximum atomic E-state index is 9.94. The monoisotopic (exact) mass is 232 g/mol. The number of benzene rings is 2. The summed E-state index contributed by atoms with van der Waals surface area (Å²) in [5, 5.41) is 11.5. The Morgan fingerprint density at radius 3 is 2.65 bits per heavy atom. The maximum Gasteiger partial charge on any atom is 0.227 e. The summed E-state index contributed by atoms with van der Waals surface area (Å²) < 4.78 is 16.1. The Balaban J connectivity index is 2.41. The van der Waals surface area contributed by atoms with Crippen molar-refractivity contribution in [3.8, 4) is 17.2 Å². The molecule has 88 valence electrons. The molecule has 2 aromatic carbocycles. The molecule has 0 fully saturated rings. The van der Waals surface area contributed by atoms with Crippen molar-refractivity contribution >= 4 is 10.8 Å². The zero-order chi connectivity index (χ0) is 12.0. The molecule has 1 aliphatic rings. The van der Waals surface area contributed by atoms with Gasteiger partial charge in [0.05, 0.1) is 12.5 Å². The normalized spacial score (nSPS) is 17.2. The third-order valence-electron chi connectivity index (χ3n) is 3.02. The second-order valence-electron chi connectivity index (χ2n) is 3.88. The van der Waals surface area contributed by atoms with E-state index in [0.717, 1.165) is 10.9 Å². The number of phenolic OH excluding ortho intramolecular Hbond substituents is 1. The van der Waals surface area contributed by atoms with Crippen molar-refractivity contribution in [2.75, 3.05) is 14.2 Å². The van der Waals surface area contributed by atoms with Gasteiger partial charge in [0.2, 0.25) is 6.29 Å². The van der Waals surface area contributed by atoms with E-state index in [4.69, 9.17) is 14.2 Å². The number of aromatic hydroxyl groups is 1. The Morgan fingerprint density at radius 2 is 1.94 bits per heavy atom. The van der Waals surface area contributed by atoms with E-state index < -0.39 is 6.29 Å². The summed E-state index contributed by atoms with van der Waals surface area (Å²) in [6.45, 7) is 0. The molecule has 0 aromatic heterocycles. The fourth-order valence-corrected chi connectivity index (χ4v) is 2.26. The van der Waals surface area contributed by atoms with Crippen molar-refractivity contribution in [2.24, 2.45) is 0 Å². The lowest BCUT2D eigenvalue weighted by Gasteiger charge is -2.09.